The van der Waals surface area contributed by atoms with Crippen LogP contribution in [-0.2, 0) is 4.79 Å². The minimum atomic E-state index is -0.761. The van der Waals surface area contributed by atoms with Crippen LogP contribution in [0.15, 0.2) is 72.8 Å². The van der Waals surface area contributed by atoms with Gasteiger partial charge in [0.1, 0.15) is 5.75 Å². The zero-order valence-corrected chi connectivity index (χ0v) is 19.9. The number of hydrazone groups is 1. The van der Waals surface area contributed by atoms with E-state index in [0.717, 1.165) is 16.7 Å². The average Bonchev–Trinajstić information content (AvgIpc) is 3.14. The summed E-state index contributed by atoms with van der Waals surface area (Å²) in [6.45, 7) is 6.33. The standard InChI is InChI=1S/C28H29N3O3/c1-18(2)21-11-7-20(8-12-21)17-31-26(22-9-5-19(3)6-10-22)25(28(33)30-31)29-27(32)23-13-15-24(34-4)16-14-23/h5-18,25-26H,1-4H3,(H-,29,30,32,33)/p+1/b31-17-/t25-,26+/m1/s1. The molecule has 0 spiro atoms. The van der Waals surface area contributed by atoms with Crippen LogP contribution in [0.25, 0.3) is 0 Å². The molecule has 4 rings (SSSR count). The highest BCUT2D eigenvalue weighted by Gasteiger charge is 2.47. The number of ether oxygens (including phenoxy) is 1. The number of hydrogen-bond donors (Lipinski definition) is 2. The summed E-state index contributed by atoms with van der Waals surface area (Å²) in [4.78, 5) is 26.0. The first-order valence-electron chi connectivity index (χ1n) is 11.4. The van der Waals surface area contributed by atoms with Crippen molar-refractivity contribution in [2.45, 2.75) is 38.8 Å². The highest BCUT2D eigenvalue weighted by atomic mass is 16.5. The maximum atomic E-state index is 13.0. The normalized spacial score (nSPS) is 18.7. The van der Waals surface area contributed by atoms with E-state index < -0.39 is 12.1 Å². The van der Waals surface area contributed by atoms with Crippen LogP contribution in [0.1, 0.15) is 58.4 Å². The Bertz CT molecular complexity index is 1200. The molecule has 0 aromatic heterocycles. The summed E-state index contributed by atoms with van der Waals surface area (Å²) < 4.78 is 6.96. The Labute approximate surface area is 200 Å². The summed E-state index contributed by atoms with van der Waals surface area (Å²) in [7, 11) is 1.57. The molecule has 2 atom stereocenters. The van der Waals surface area contributed by atoms with Gasteiger partial charge in [-0.3, -0.25) is 9.59 Å². The van der Waals surface area contributed by atoms with Gasteiger partial charge in [0.15, 0.2) is 6.04 Å². The topological polar surface area (TPSA) is 70.4 Å². The Morgan fingerprint density at radius 1 is 1.00 bits per heavy atom. The molecule has 6 nitrogen and oxygen atoms in total. The summed E-state index contributed by atoms with van der Waals surface area (Å²) in [5.74, 6) is 0.529. The molecule has 6 heteroatoms. The van der Waals surface area contributed by atoms with Crippen molar-refractivity contribution < 1.29 is 19.0 Å². The number of methoxy groups -OCH3 is 1. The first kappa shape index (κ1) is 23.2. The molecule has 1 saturated heterocycles. The molecule has 3 aromatic rings. The molecule has 1 aliphatic rings. The van der Waals surface area contributed by atoms with E-state index in [1.54, 1.807) is 36.1 Å². The number of rotatable bonds is 6. The van der Waals surface area contributed by atoms with Gasteiger partial charge in [0.25, 0.3) is 5.91 Å². The van der Waals surface area contributed by atoms with E-state index >= 15 is 0 Å². The van der Waals surface area contributed by atoms with Gasteiger partial charge in [-0.2, -0.15) is 0 Å². The average molecular weight is 457 g/mol. The van der Waals surface area contributed by atoms with Gasteiger partial charge in [-0.05, 0) is 54.8 Å². The maximum Gasteiger partial charge on any atom is 0.304 e. The number of aryl methyl sites for hydroxylation is 1. The second kappa shape index (κ2) is 9.91. The van der Waals surface area contributed by atoms with Crippen LogP contribution in [0.3, 0.4) is 0 Å². The second-order valence-corrected chi connectivity index (χ2v) is 8.87. The molecule has 1 fully saturated rings. The molecular weight excluding hydrogens is 426 g/mol. The Hall–Kier alpha value is -3.93. The van der Waals surface area contributed by atoms with E-state index in [1.807, 2.05) is 49.5 Å². The minimum absolute atomic E-state index is 0.262. The number of nitrogens with zero attached hydrogens (tertiary/aromatic N) is 1. The highest BCUT2D eigenvalue weighted by Crippen LogP contribution is 2.26. The molecule has 34 heavy (non-hydrogen) atoms. The van der Waals surface area contributed by atoms with Crippen LogP contribution >= 0.6 is 0 Å². The van der Waals surface area contributed by atoms with E-state index in [1.165, 1.54) is 5.56 Å². The van der Waals surface area contributed by atoms with Gasteiger partial charge in [-0.15, -0.1) is 10.1 Å². The van der Waals surface area contributed by atoms with Crippen molar-refractivity contribution in [2.75, 3.05) is 7.11 Å². The molecule has 0 bridgehead atoms. The molecule has 0 radical (unpaired) electrons. The third kappa shape index (κ3) is 5.01. The third-order valence-electron chi connectivity index (χ3n) is 6.09. The zero-order valence-electron chi connectivity index (χ0n) is 19.9. The first-order valence-corrected chi connectivity index (χ1v) is 11.4. The van der Waals surface area contributed by atoms with Crippen molar-refractivity contribution in [1.29, 1.82) is 0 Å². The number of nitrogens with one attached hydrogen (secondary N) is 2. The lowest BCUT2D eigenvalue weighted by atomic mass is 9.98. The Balaban J connectivity index is 1.66. The number of amides is 2. The van der Waals surface area contributed by atoms with Gasteiger partial charge in [0, 0.05) is 16.7 Å². The smallest absolute Gasteiger partial charge is 0.304 e. The molecular formula is C28H30N3O3+. The van der Waals surface area contributed by atoms with Gasteiger partial charge in [0.05, 0.1) is 7.11 Å². The van der Waals surface area contributed by atoms with Gasteiger partial charge in [0.2, 0.25) is 12.3 Å². The van der Waals surface area contributed by atoms with Crippen LogP contribution in [0.5, 0.6) is 5.75 Å². The molecule has 0 unspecified atom stereocenters. The SMILES string of the molecule is COc1ccc(C(=O)N[C@H]2C(=O)N/[N+](=C\c3ccc(C(C)C)cc3)[C@H]2c2ccc(C)cc2)cc1. The fourth-order valence-electron chi connectivity index (χ4n) is 4.04. The number of carbonyl (C=O) groups is 2. The summed E-state index contributed by atoms with van der Waals surface area (Å²) >= 11 is 0. The molecule has 3 aromatic carbocycles. The summed E-state index contributed by atoms with van der Waals surface area (Å²) in [5, 5.41) is 2.93. The third-order valence-corrected chi connectivity index (χ3v) is 6.09. The molecule has 2 N–H and O–H groups in total. The Morgan fingerprint density at radius 2 is 1.65 bits per heavy atom. The van der Waals surface area contributed by atoms with Crippen LogP contribution in [0, 0.1) is 6.92 Å². The van der Waals surface area contributed by atoms with Gasteiger partial charge in [-0.25, -0.2) is 0 Å². The van der Waals surface area contributed by atoms with E-state index in [4.69, 9.17) is 4.74 Å². The quantitative estimate of drug-likeness (QED) is 0.548. The Morgan fingerprint density at radius 3 is 2.24 bits per heavy atom. The Kier molecular flexibility index (Phi) is 6.77. The predicted octanol–water partition coefficient (Wildman–Crippen LogP) is 4.14. The number of benzene rings is 3. The number of carbonyl (C=O) groups excluding carboxylic acids is 2. The van der Waals surface area contributed by atoms with Gasteiger partial charge < -0.3 is 10.1 Å². The molecule has 2 amide bonds. The van der Waals surface area contributed by atoms with Crippen molar-refractivity contribution >= 4 is 18.0 Å². The maximum absolute atomic E-state index is 13.0. The van der Waals surface area contributed by atoms with Crippen molar-refractivity contribution in [1.82, 2.24) is 10.7 Å². The lowest BCUT2D eigenvalue weighted by Gasteiger charge is -2.15. The molecule has 174 valence electrons. The van der Waals surface area contributed by atoms with Crippen LogP contribution in [0.4, 0.5) is 0 Å². The first-order chi connectivity index (χ1) is 16.4. The molecule has 1 heterocycles. The van der Waals surface area contributed by atoms with E-state index in [9.17, 15) is 9.59 Å². The van der Waals surface area contributed by atoms with Gasteiger partial charge in [-0.1, -0.05) is 55.8 Å². The summed E-state index contributed by atoms with van der Waals surface area (Å²) in [6.07, 6.45) is 1.91. The van der Waals surface area contributed by atoms with Crippen LogP contribution in [-0.4, -0.2) is 35.9 Å². The molecule has 0 aliphatic carbocycles. The second-order valence-electron chi connectivity index (χ2n) is 8.87. The monoisotopic (exact) mass is 456 g/mol. The fraction of sp³-hybridized carbons (Fsp3) is 0.250. The lowest BCUT2D eigenvalue weighted by molar-refractivity contribution is -0.596. The number of hydrazine groups is 1. The largest absolute Gasteiger partial charge is 0.497 e. The predicted molar refractivity (Wildman–Crippen MR) is 132 cm³/mol. The summed E-state index contributed by atoms with van der Waals surface area (Å²) in [6, 6.07) is 21.9. The van der Waals surface area contributed by atoms with Crippen molar-refractivity contribution in [3.63, 3.8) is 0 Å². The van der Waals surface area contributed by atoms with E-state index in [0.29, 0.717) is 17.2 Å². The lowest BCUT2D eigenvalue weighted by Crippen LogP contribution is -2.42. The van der Waals surface area contributed by atoms with Crippen LogP contribution in [0.2, 0.25) is 0 Å². The van der Waals surface area contributed by atoms with Crippen molar-refractivity contribution in [3.8, 4) is 5.75 Å². The van der Waals surface area contributed by atoms with Crippen LogP contribution < -0.4 is 15.5 Å². The molecule has 1 aliphatic heterocycles. The van der Waals surface area contributed by atoms with Gasteiger partial charge >= 0.3 is 5.91 Å². The van der Waals surface area contributed by atoms with Crippen molar-refractivity contribution in [3.05, 3.63) is 101 Å². The van der Waals surface area contributed by atoms with E-state index in [2.05, 4.69) is 36.7 Å². The van der Waals surface area contributed by atoms with Crippen molar-refractivity contribution in [2.24, 2.45) is 0 Å². The summed E-state index contributed by atoms with van der Waals surface area (Å²) in [5.41, 5.74) is 7.66. The minimum Gasteiger partial charge on any atom is -0.497 e. The number of hydrogen-bond acceptors (Lipinski definition) is 3. The van der Waals surface area contributed by atoms with E-state index in [-0.39, 0.29) is 11.8 Å². The molecule has 0 saturated carbocycles. The highest BCUT2D eigenvalue weighted by molar-refractivity contribution is 5.98. The zero-order chi connectivity index (χ0) is 24.2. The fourth-order valence-corrected chi connectivity index (χ4v) is 4.04.